The van der Waals surface area contributed by atoms with E-state index in [0.29, 0.717) is 5.56 Å². The summed E-state index contributed by atoms with van der Waals surface area (Å²) in [6, 6.07) is 1.38. The summed E-state index contributed by atoms with van der Waals surface area (Å²) in [5.74, 6) is 0.000139. The zero-order valence-electron chi connectivity index (χ0n) is 6.60. The van der Waals surface area contributed by atoms with Crippen LogP contribution in [0.1, 0.15) is 17.7 Å². The van der Waals surface area contributed by atoms with Crippen molar-refractivity contribution in [1.82, 2.24) is 4.98 Å². The van der Waals surface area contributed by atoms with Crippen molar-refractivity contribution in [2.24, 2.45) is 5.73 Å². The van der Waals surface area contributed by atoms with Gasteiger partial charge < -0.3 is 11.5 Å². The SMILES string of the molecule is NCc1cc(N)nc(C(F)F)c1Cl. The minimum absolute atomic E-state index is 0.000139. The van der Waals surface area contributed by atoms with Crippen molar-refractivity contribution in [3.05, 3.63) is 22.3 Å². The average Bonchev–Trinajstić information content (AvgIpc) is 2.08. The molecule has 0 aromatic carbocycles. The molecule has 4 N–H and O–H groups in total. The monoisotopic (exact) mass is 207 g/mol. The van der Waals surface area contributed by atoms with Crippen LogP contribution in [0.2, 0.25) is 5.02 Å². The first-order chi connectivity index (χ1) is 6.06. The summed E-state index contributed by atoms with van der Waals surface area (Å²) in [5.41, 5.74) is 10.4. The Bertz CT molecular complexity index is 317. The molecule has 0 radical (unpaired) electrons. The van der Waals surface area contributed by atoms with Crippen molar-refractivity contribution in [1.29, 1.82) is 0 Å². The van der Waals surface area contributed by atoms with Crippen molar-refractivity contribution >= 4 is 17.4 Å². The molecule has 0 unspecified atom stereocenters. The predicted molar refractivity (Wildman–Crippen MR) is 46.5 cm³/mol. The van der Waals surface area contributed by atoms with Gasteiger partial charge in [-0.25, -0.2) is 13.8 Å². The summed E-state index contributed by atoms with van der Waals surface area (Å²) >= 11 is 5.60. The standard InChI is InChI=1S/C7H8ClF2N3/c8-5-3(2-11)1-4(12)13-6(5)7(9)10/h1,7H,2,11H2,(H2,12,13). The Labute approximate surface area is 78.7 Å². The number of halogens is 3. The lowest BCUT2D eigenvalue weighted by Gasteiger charge is -2.07. The van der Waals surface area contributed by atoms with Gasteiger partial charge in [-0.1, -0.05) is 11.6 Å². The Morgan fingerprint density at radius 1 is 1.54 bits per heavy atom. The zero-order chi connectivity index (χ0) is 10.0. The minimum atomic E-state index is -2.73. The first-order valence-corrected chi connectivity index (χ1v) is 3.87. The summed E-state index contributed by atoms with van der Waals surface area (Å²) in [5, 5.41) is -0.105. The van der Waals surface area contributed by atoms with E-state index in [1.165, 1.54) is 6.07 Å². The number of nitrogens with zero attached hydrogens (tertiary/aromatic N) is 1. The quantitative estimate of drug-likeness (QED) is 0.776. The second kappa shape index (κ2) is 3.85. The number of nitrogen functional groups attached to an aromatic ring is 1. The zero-order valence-corrected chi connectivity index (χ0v) is 7.35. The molecule has 0 aliphatic rings. The van der Waals surface area contributed by atoms with E-state index in [4.69, 9.17) is 23.1 Å². The van der Waals surface area contributed by atoms with Crippen LogP contribution in [0.3, 0.4) is 0 Å². The fourth-order valence-corrected chi connectivity index (χ4v) is 1.18. The van der Waals surface area contributed by atoms with Crippen LogP contribution >= 0.6 is 11.6 Å². The highest BCUT2D eigenvalue weighted by Crippen LogP contribution is 2.29. The highest BCUT2D eigenvalue weighted by atomic mass is 35.5. The number of alkyl halides is 2. The molecule has 0 atom stereocenters. The van der Waals surface area contributed by atoms with Gasteiger partial charge in [0.05, 0.1) is 5.02 Å². The first-order valence-electron chi connectivity index (χ1n) is 3.49. The molecule has 0 aliphatic carbocycles. The molecule has 0 bridgehead atoms. The summed E-state index contributed by atoms with van der Waals surface area (Å²) < 4.78 is 24.6. The maximum absolute atomic E-state index is 12.3. The molecule has 1 rings (SSSR count). The van der Waals surface area contributed by atoms with Gasteiger partial charge in [0.25, 0.3) is 6.43 Å². The molecule has 0 aliphatic heterocycles. The third kappa shape index (κ3) is 2.05. The maximum Gasteiger partial charge on any atom is 0.281 e. The Balaban J connectivity index is 3.27. The number of pyridine rings is 1. The third-order valence-electron chi connectivity index (χ3n) is 1.51. The highest BCUT2D eigenvalue weighted by molar-refractivity contribution is 6.32. The van der Waals surface area contributed by atoms with Gasteiger partial charge in [-0.2, -0.15) is 0 Å². The molecule has 0 fully saturated rings. The van der Waals surface area contributed by atoms with E-state index in [1.807, 2.05) is 0 Å². The number of aromatic nitrogens is 1. The summed E-state index contributed by atoms with van der Waals surface area (Å²) in [6.45, 7) is 0.0608. The van der Waals surface area contributed by atoms with Crippen molar-refractivity contribution in [2.75, 3.05) is 5.73 Å². The molecule has 72 valence electrons. The summed E-state index contributed by atoms with van der Waals surface area (Å²) in [4.78, 5) is 3.42. The third-order valence-corrected chi connectivity index (χ3v) is 1.94. The second-order valence-corrected chi connectivity index (χ2v) is 2.79. The van der Waals surface area contributed by atoms with Crippen LogP contribution in [-0.4, -0.2) is 4.98 Å². The van der Waals surface area contributed by atoms with Crippen molar-refractivity contribution in [3.63, 3.8) is 0 Å². The van der Waals surface area contributed by atoms with E-state index in [1.54, 1.807) is 0 Å². The molecule has 13 heavy (non-hydrogen) atoms. The Morgan fingerprint density at radius 3 is 2.62 bits per heavy atom. The lowest BCUT2D eigenvalue weighted by atomic mass is 10.2. The second-order valence-electron chi connectivity index (χ2n) is 2.41. The van der Waals surface area contributed by atoms with Crippen molar-refractivity contribution < 1.29 is 8.78 Å². The van der Waals surface area contributed by atoms with Gasteiger partial charge in [-0.15, -0.1) is 0 Å². The van der Waals surface area contributed by atoms with Gasteiger partial charge in [-0.3, -0.25) is 0 Å². The fraction of sp³-hybridized carbons (Fsp3) is 0.286. The molecule has 3 nitrogen and oxygen atoms in total. The van der Waals surface area contributed by atoms with Crippen LogP contribution < -0.4 is 11.5 Å². The van der Waals surface area contributed by atoms with Gasteiger partial charge in [0.15, 0.2) is 0 Å². The van der Waals surface area contributed by atoms with E-state index >= 15 is 0 Å². The fourth-order valence-electron chi connectivity index (χ4n) is 0.920. The molecule has 0 saturated carbocycles. The molecule has 6 heteroatoms. The number of hydrogen-bond donors (Lipinski definition) is 2. The van der Waals surface area contributed by atoms with Gasteiger partial charge >= 0.3 is 0 Å². The Morgan fingerprint density at radius 2 is 2.15 bits per heavy atom. The highest BCUT2D eigenvalue weighted by Gasteiger charge is 2.17. The van der Waals surface area contributed by atoms with Crippen LogP contribution in [0.25, 0.3) is 0 Å². The summed E-state index contributed by atoms with van der Waals surface area (Å²) in [6.07, 6.45) is -2.73. The minimum Gasteiger partial charge on any atom is -0.384 e. The van der Waals surface area contributed by atoms with Crippen LogP contribution in [0.15, 0.2) is 6.07 Å². The molecular formula is C7H8ClF2N3. The van der Waals surface area contributed by atoms with Crippen molar-refractivity contribution in [3.8, 4) is 0 Å². The van der Waals surface area contributed by atoms with Crippen LogP contribution in [-0.2, 0) is 6.54 Å². The molecule has 0 amide bonds. The van der Waals surface area contributed by atoms with Crippen LogP contribution in [0.5, 0.6) is 0 Å². The maximum atomic E-state index is 12.3. The molecule has 0 saturated heterocycles. The number of anilines is 1. The summed E-state index contributed by atoms with van der Waals surface area (Å²) in [7, 11) is 0. The Hall–Kier alpha value is -0.940. The van der Waals surface area contributed by atoms with E-state index in [9.17, 15) is 8.78 Å². The average molecular weight is 208 g/mol. The predicted octanol–water partition coefficient (Wildman–Crippen LogP) is 1.71. The van der Waals surface area contributed by atoms with Gasteiger partial charge in [-0.05, 0) is 11.6 Å². The topological polar surface area (TPSA) is 64.9 Å². The molecule has 1 aromatic heterocycles. The molecule has 0 spiro atoms. The lowest BCUT2D eigenvalue weighted by molar-refractivity contribution is 0.146. The van der Waals surface area contributed by atoms with Crippen LogP contribution in [0, 0.1) is 0 Å². The number of rotatable bonds is 2. The van der Waals surface area contributed by atoms with E-state index < -0.39 is 12.1 Å². The molecule has 1 aromatic rings. The van der Waals surface area contributed by atoms with Crippen LogP contribution in [0.4, 0.5) is 14.6 Å². The molecule has 1 heterocycles. The number of nitrogens with two attached hydrogens (primary N) is 2. The van der Waals surface area contributed by atoms with Gasteiger partial charge in [0.2, 0.25) is 0 Å². The van der Waals surface area contributed by atoms with E-state index in [-0.39, 0.29) is 17.4 Å². The lowest BCUT2D eigenvalue weighted by Crippen LogP contribution is -2.04. The normalized spacial score (nSPS) is 10.8. The van der Waals surface area contributed by atoms with Gasteiger partial charge in [0, 0.05) is 6.54 Å². The molecular weight excluding hydrogens is 200 g/mol. The number of hydrogen-bond acceptors (Lipinski definition) is 3. The van der Waals surface area contributed by atoms with Crippen molar-refractivity contribution in [2.45, 2.75) is 13.0 Å². The van der Waals surface area contributed by atoms with E-state index in [0.717, 1.165) is 0 Å². The largest absolute Gasteiger partial charge is 0.384 e. The van der Waals surface area contributed by atoms with E-state index in [2.05, 4.69) is 4.98 Å². The van der Waals surface area contributed by atoms with Gasteiger partial charge in [0.1, 0.15) is 11.5 Å². The first kappa shape index (κ1) is 10.1. The smallest absolute Gasteiger partial charge is 0.281 e. The Kier molecular flexibility index (Phi) is 3.00.